The van der Waals surface area contributed by atoms with Crippen molar-refractivity contribution >= 4 is 0 Å². The van der Waals surface area contributed by atoms with E-state index in [2.05, 4.69) is 23.3 Å². The van der Waals surface area contributed by atoms with Gasteiger partial charge >= 0.3 is 0 Å². The molecular formula is C10H19N3. The van der Waals surface area contributed by atoms with Crippen LogP contribution in [0.2, 0.25) is 0 Å². The molecular weight excluding hydrogens is 162 g/mol. The first-order valence-electron chi connectivity index (χ1n) is 5.09. The Morgan fingerprint density at radius 2 is 2.46 bits per heavy atom. The fourth-order valence-electron chi connectivity index (χ4n) is 1.85. The molecule has 1 heterocycles. The molecule has 0 amide bonds. The molecule has 13 heavy (non-hydrogen) atoms. The zero-order chi connectivity index (χ0) is 9.52. The van der Waals surface area contributed by atoms with Crippen molar-refractivity contribution in [1.29, 1.82) is 5.26 Å². The molecule has 1 fully saturated rings. The van der Waals surface area contributed by atoms with Gasteiger partial charge in [0.1, 0.15) is 0 Å². The topological polar surface area (TPSA) is 39.1 Å². The number of piperidine rings is 1. The average Bonchev–Trinajstić information content (AvgIpc) is 2.16. The van der Waals surface area contributed by atoms with Gasteiger partial charge in [0.2, 0.25) is 0 Å². The molecule has 0 radical (unpaired) electrons. The molecule has 1 atom stereocenters. The van der Waals surface area contributed by atoms with Gasteiger partial charge in [0.05, 0.1) is 6.07 Å². The van der Waals surface area contributed by atoms with Gasteiger partial charge in [0.25, 0.3) is 0 Å². The van der Waals surface area contributed by atoms with Crippen LogP contribution < -0.4 is 5.32 Å². The monoisotopic (exact) mass is 181 g/mol. The predicted octanol–water partition coefficient (Wildman–Crippen LogP) is 0.831. The Morgan fingerprint density at radius 3 is 3.08 bits per heavy atom. The molecule has 1 unspecified atom stereocenters. The van der Waals surface area contributed by atoms with Gasteiger partial charge in [0.15, 0.2) is 0 Å². The lowest BCUT2D eigenvalue weighted by atomic mass is 9.99. The molecule has 0 aromatic rings. The van der Waals surface area contributed by atoms with Crippen LogP contribution in [0.4, 0.5) is 0 Å². The van der Waals surface area contributed by atoms with Crippen molar-refractivity contribution in [2.45, 2.75) is 19.3 Å². The first kappa shape index (κ1) is 10.5. The largest absolute Gasteiger partial charge is 0.316 e. The molecule has 3 heteroatoms. The van der Waals surface area contributed by atoms with E-state index in [1.807, 2.05) is 0 Å². The molecule has 74 valence electrons. The van der Waals surface area contributed by atoms with Gasteiger partial charge in [-0.15, -0.1) is 0 Å². The quantitative estimate of drug-likeness (QED) is 0.698. The third-order valence-corrected chi connectivity index (χ3v) is 2.57. The van der Waals surface area contributed by atoms with Crippen LogP contribution in [0.25, 0.3) is 0 Å². The number of rotatable bonds is 4. The summed E-state index contributed by atoms with van der Waals surface area (Å²) in [5.41, 5.74) is 0. The summed E-state index contributed by atoms with van der Waals surface area (Å²) in [6.07, 6.45) is 3.29. The summed E-state index contributed by atoms with van der Waals surface area (Å²) in [5.74, 6) is 0.789. The minimum atomic E-state index is 0.649. The lowest BCUT2D eigenvalue weighted by molar-refractivity contribution is 0.247. The molecule has 0 saturated carbocycles. The zero-order valence-electron chi connectivity index (χ0n) is 8.42. The minimum absolute atomic E-state index is 0.649. The molecule has 1 rings (SSSR count). The number of hydrogen-bond acceptors (Lipinski definition) is 3. The van der Waals surface area contributed by atoms with E-state index in [0.29, 0.717) is 6.42 Å². The maximum absolute atomic E-state index is 8.43. The number of nitrogens with zero attached hydrogens (tertiary/aromatic N) is 2. The van der Waals surface area contributed by atoms with Crippen LogP contribution in [0.15, 0.2) is 0 Å². The number of nitriles is 1. The summed E-state index contributed by atoms with van der Waals surface area (Å²) >= 11 is 0. The molecule has 0 aromatic carbocycles. The highest BCUT2D eigenvalue weighted by Crippen LogP contribution is 2.10. The van der Waals surface area contributed by atoms with Crippen LogP contribution in [-0.2, 0) is 0 Å². The molecule has 0 spiro atoms. The van der Waals surface area contributed by atoms with E-state index < -0.39 is 0 Å². The number of nitrogens with one attached hydrogen (secondary N) is 1. The van der Waals surface area contributed by atoms with Crippen molar-refractivity contribution in [3.63, 3.8) is 0 Å². The SMILES string of the molecule is CN(CCC#N)CC1CCCNC1. The van der Waals surface area contributed by atoms with Crippen molar-refractivity contribution in [3.05, 3.63) is 0 Å². The summed E-state index contributed by atoms with van der Waals surface area (Å²) in [7, 11) is 2.10. The van der Waals surface area contributed by atoms with Crippen LogP contribution in [0.5, 0.6) is 0 Å². The summed E-state index contributed by atoms with van der Waals surface area (Å²) < 4.78 is 0. The molecule has 3 nitrogen and oxygen atoms in total. The Balaban J connectivity index is 2.11. The first-order valence-corrected chi connectivity index (χ1v) is 5.09. The second-order valence-electron chi connectivity index (χ2n) is 3.88. The molecule has 1 aliphatic heterocycles. The van der Waals surface area contributed by atoms with E-state index in [-0.39, 0.29) is 0 Å². The summed E-state index contributed by atoms with van der Waals surface area (Å²) in [6, 6.07) is 2.18. The highest BCUT2D eigenvalue weighted by Gasteiger charge is 2.14. The van der Waals surface area contributed by atoms with Crippen LogP contribution in [-0.4, -0.2) is 38.1 Å². The third kappa shape index (κ3) is 4.25. The van der Waals surface area contributed by atoms with Crippen molar-refractivity contribution in [2.75, 3.05) is 33.2 Å². The van der Waals surface area contributed by atoms with Crippen LogP contribution in [0.3, 0.4) is 0 Å². The van der Waals surface area contributed by atoms with E-state index in [1.165, 1.54) is 19.4 Å². The van der Waals surface area contributed by atoms with E-state index in [0.717, 1.165) is 25.6 Å². The van der Waals surface area contributed by atoms with Crippen molar-refractivity contribution < 1.29 is 0 Å². The predicted molar refractivity (Wildman–Crippen MR) is 53.3 cm³/mol. The van der Waals surface area contributed by atoms with E-state index in [9.17, 15) is 0 Å². The van der Waals surface area contributed by atoms with Gasteiger partial charge in [-0.05, 0) is 38.9 Å². The molecule has 1 N–H and O–H groups in total. The summed E-state index contributed by atoms with van der Waals surface area (Å²) in [4.78, 5) is 2.26. The lowest BCUT2D eigenvalue weighted by Crippen LogP contribution is -2.37. The maximum atomic E-state index is 8.43. The zero-order valence-corrected chi connectivity index (χ0v) is 8.42. The molecule has 1 saturated heterocycles. The summed E-state index contributed by atoms with van der Waals surface area (Å²) in [5, 5.41) is 11.8. The normalized spacial score (nSPS) is 23.0. The van der Waals surface area contributed by atoms with E-state index >= 15 is 0 Å². The van der Waals surface area contributed by atoms with Gasteiger partial charge < -0.3 is 10.2 Å². The molecule has 0 bridgehead atoms. The van der Waals surface area contributed by atoms with Gasteiger partial charge in [-0.2, -0.15) is 5.26 Å². The van der Waals surface area contributed by atoms with Crippen LogP contribution >= 0.6 is 0 Å². The Labute approximate surface area is 80.7 Å². The van der Waals surface area contributed by atoms with Gasteiger partial charge in [0, 0.05) is 19.5 Å². The molecule has 1 aliphatic rings. The Morgan fingerprint density at radius 1 is 1.62 bits per heavy atom. The van der Waals surface area contributed by atoms with Crippen LogP contribution in [0, 0.1) is 17.2 Å². The van der Waals surface area contributed by atoms with Crippen LogP contribution in [0.1, 0.15) is 19.3 Å². The molecule has 0 aliphatic carbocycles. The van der Waals surface area contributed by atoms with E-state index in [1.54, 1.807) is 0 Å². The van der Waals surface area contributed by atoms with Crippen molar-refractivity contribution in [1.82, 2.24) is 10.2 Å². The second-order valence-corrected chi connectivity index (χ2v) is 3.88. The highest BCUT2D eigenvalue weighted by molar-refractivity contribution is 4.75. The molecule has 0 aromatic heterocycles. The second kappa shape index (κ2) is 5.95. The number of hydrogen-bond donors (Lipinski definition) is 1. The third-order valence-electron chi connectivity index (χ3n) is 2.57. The minimum Gasteiger partial charge on any atom is -0.316 e. The fourth-order valence-corrected chi connectivity index (χ4v) is 1.85. The van der Waals surface area contributed by atoms with E-state index in [4.69, 9.17) is 5.26 Å². The van der Waals surface area contributed by atoms with Gasteiger partial charge in [-0.25, -0.2) is 0 Å². The van der Waals surface area contributed by atoms with Gasteiger partial charge in [-0.3, -0.25) is 0 Å². The maximum Gasteiger partial charge on any atom is 0.0635 e. The average molecular weight is 181 g/mol. The smallest absolute Gasteiger partial charge is 0.0635 e. The van der Waals surface area contributed by atoms with Crippen molar-refractivity contribution in [3.8, 4) is 6.07 Å². The Bertz CT molecular complexity index is 167. The Hall–Kier alpha value is -0.590. The fraction of sp³-hybridized carbons (Fsp3) is 0.900. The lowest BCUT2D eigenvalue weighted by Gasteiger charge is -2.27. The van der Waals surface area contributed by atoms with Crippen molar-refractivity contribution in [2.24, 2.45) is 5.92 Å². The highest BCUT2D eigenvalue weighted by atomic mass is 15.1. The first-order chi connectivity index (χ1) is 6.33. The summed E-state index contributed by atoms with van der Waals surface area (Å²) in [6.45, 7) is 4.37. The standard InChI is InChI=1S/C10H19N3/c1-13(7-3-5-11)9-10-4-2-6-12-8-10/h10,12H,2-4,6-9H2,1H3. The Kier molecular flexibility index (Phi) is 4.81. The van der Waals surface area contributed by atoms with Gasteiger partial charge in [-0.1, -0.05) is 0 Å².